The van der Waals surface area contributed by atoms with E-state index in [1.807, 2.05) is 0 Å². The maximum atomic E-state index is 11.1. The summed E-state index contributed by atoms with van der Waals surface area (Å²) in [5.74, 6) is -0.828. The Hall–Kier alpha value is -2.68. The van der Waals surface area contributed by atoms with Crippen molar-refractivity contribution in [2.24, 2.45) is 0 Å². The highest BCUT2D eigenvalue weighted by Gasteiger charge is 2.14. The predicted octanol–water partition coefficient (Wildman–Crippen LogP) is 1.67. The molecule has 0 saturated heterocycles. The van der Waals surface area contributed by atoms with Gasteiger partial charge < -0.3 is 4.74 Å². The molecule has 0 fully saturated rings. The van der Waals surface area contributed by atoms with Crippen LogP contribution in [0.5, 0.6) is 0 Å². The lowest BCUT2D eigenvalue weighted by Gasteiger charge is -1.98. The maximum Gasteiger partial charge on any atom is 0.348 e. The van der Waals surface area contributed by atoms with Crippen molar-refractivity contribution >= 4 is 17.7 Å². The molecule has 0 saturated carbocycles. The highest BCUT2D eigenvalue weighted by molar-refractivity contribution is 5.98. The monoisotopic (exact) mass is 232 g/mol. The number of nitriles is 1. The summed E-state index contributed by atoms with van der Waals surface area (Å²) in [6, 6.07) is 7.44. The fourth-order valence-electron chi connectivity index (χ4n) is 1.18. The molecule has 0 heterocycles. The van der Waals surface area contributed by atoms with Crippen LogP contribution >= 0.6 is 0 Å². The maximum absolute atomic E-state index is 11.1. The van der Waals surface area contributed by atoms with Gasteiger partial charge in [0.15, 0.2) is 0 Å². The Morgan fingerprint density at radius 3 is 2.71 bits per heavy atom. The number of carbonyl (C=O) groups is 1. The standard InChI is InChI=1S/C11H8N2O4/c1-17-11(14)9(7-12)6-8-4-2-3-5-10(8)13(15)16/h2-6H,1H3/b9-6-. The Kier molecular flexibility index (Phi) is 3.95. The highest BCUT2D eigenvalue weighted by Crippen LogP contribution is 2.20. The summed E-state index contributed by atoms with van der Waals surface area (Å²) in [6.45, 7) is 0. The van der Waals surface area contributed by atoms with Crippen LogP contribution in [0.2, 0.25) is 0 Å². The van der Waals surface area contributed by atoms with E-state index >= 15 is 0 Å². The van der Waals surface area contributed by atoms with Crippen molar-refractivity contribution in [1.82, 2.24) is 0 Å². The molecule has 0 spiro atoms. The van der Waals surface area contributed by atoms with Crippen LogP contribution in [-0.4, -0.2) is 18.0 Å². The Morgan fingerprint density at radius 1 is 1.53 bits per heavy atom. The van der Waals surface area contributed by atoms with Crippen LogP contribution in [0.3, 0.4) is 0 Å². The molecule has 6 heteroatoms. The average molecular weight is 232 g/mol. The van der Waals surface area contributed by atoms with Crippen LogP contribution in [0, 0.1) is 21.4 Å². The fourth-order valence-corrected chi connectivity index (χ4v) is 1.18. The Balaban J connectivity index is 3.26. The number of nitro groups is 1. The number of methoxy groups -OCH3 is 1. The topological polar surface area (TPSA) is 93.2 Å². The first-order valence-corrected chi connectivity index (χ1v) is 4.53. The van der Waals surface area contributed by atoms with E-state index < -0.39 is 10.9 Å². The minimum Gasteiger partial charge on any atom is -0.465 e. The van der Waals surface area contributed by atoms with Crippen molar-refractivity contribution < 1.29 is 14.5 Å². The first kappa shape index (κ1) is 12.4. The summed E-state index contributed by atoms with van der Waals surface area (Å²) in [5.41, 5.74) is -0.287. The summed E-state index contributed by atoms with van der Waals surface area (Å²) in [7, 11) is 1.13. The van der Waals surface area contributed by atoms with Crippen molar-refractivity contribution in [2.45, 2.75) is 0 Å². The molecule has 0 radical (unpaired) electrons. The van der Waals surface area contributed by atoms with Gasteiger partial charge in [-0.25, -0.2) is 4.79 Å². The minimum atomic E-state index is -0.828. The van der Waals surface area contributed by atoms with Gasteiger partial charge in [-0.3, -0.25) is 10.1 Å². The predicted molar refractivity (Wildman–Crippen MR) is 58.7 cm³/mol. The number of ether oxygens (including phenoxy) is 1. The zero-order valence-corrected chi connectivity index (χ0v) is 8.91. The second-order valence-electron chi connectivity index (χ2n) is 2.98. The molecule has 0 bridgehead atoms. The van der Waals surface area contributed by atoms with Gasteiger partial charge in [0.25, 0.3) is 5.69 Å². The van der Waals surface area contributed by atoms with Gasteiger partial charge in [0, 0.05) is 6.07 Å². The van der Waals surface area contributed by atoms with Gasteiger partial charge in [0.1, 0.15) is 11.6 Å². The van der Waals surface area contributed by atoms with Crippen LogP contribution in [0.1, 0.15) is 5.56 Å². The summed E-state index contributed by atoms with van der Waals surface area (Å²) in [6.07, 6.45) is 1.13. The van der Waals surface area contributed by atoms with E-state index in [2.05, 4.69) is 4.74 Å². The third kappa shape index (κ3) is 2.89. The number of carbonyl (C=O) groups excluding carboxylic acids is 1. The number of nitrogens with zero attached hydrogens (tertiary/aromatic N) is 2. The lowest BCUT2D eigenvalue weighted by Crippen LogP contribution is -2.03. The average Bonchev–Trinajstić information content (AvgIpc) is 2.35. The molecule has 0 aliphatic rings. The van der Waals surface area contributed by atoms with E-state index in [1.54, 1.807) is 12.1 Å². The number of benzene rings is 1. The number of nitro benzene ring substituents is 1. The van der Waals surface area contributed by atoms with Gasteiger partial charge in [-0.2, -0.15) is 5.26 Å². The van der Waals surface area contributed by atoms with Gasteiger partial charge in [0.05, 0.1) is 17.6 Å². The molecule has 0 amide bonds. The van der Waals surface area contributed by atoms with E-state index in [9.17, 15) is 14.9 Å². The highest BCUT2D eigenvalue weighted by atomic mass is 16.6. The van der Waals surface area contributed by atoms with E-state index in [1.165, 1.54) is 18.2 Å². The molecule has 0 aromatic heterocycles. The number of para-hydroxylation sites is 1. The Morgan fingerprint density at radius 2 is 2.18 bits per heavy atom. The number of rotatable bonds is 3. The van der Waals surface area contributed by atoms with Crippen molar-refractivity contribution in [3.63, 3.8) is 0 Å². The van der Waals surface area contributed by atoms with Crippen molar-refractivity contribution in [2.75, 3.05) is 7.11 Å². The quantitative estimate of drug-likeness (QED) is 0.260. The van der Waals surface area contributed by atoms with Crippen molar-refractivity contribution in [1.29, 1.82) is 5.26 Å². The van der Waals surface area contributed by atoms with Crippen LogP contribution < -0.4 is 0 Å². The molecule has 0 N–H and O–H groups in total. The Bertz CT molecular complexity index is 529. The SMILES string of the molecule is COC(=O)/C(C#N)=C\c1ccccc1[N+](=O)[O-]. The molecule has 1 aromatic rings. The van der Waals surface area contributed by atoms with E-state index in [0.29, 0.717) is 0 Å². The van der Waals surface area contributed by atoms with Gasteiger partial charge >= 0.3 is 5.97 Å². The molecule has 1 aromatic carbocycles. The molecule has 86 valence electrons. The van der Waals surface area contributed by atoms with Gasteiger partial charge in [-0.15, -0.1) is 0 Å². The zero-order chi connectivity index (χ0) is 12.8. The van der Waals surface area contributed by atoms with E-state index in [-0.39, 0.29) is 16.8 Å². The zero-order valence-electron chi connectivity index (χ0n) is 8.91. The number of hydrogen-bond donors (Lipinski definition) is 0. The molecule has 0 unspecified atom stereocenters. The second-order valence-corrected chi connectivity index (χ2v) is 2.98. The molecule has 0 atom stereocenters. The van der Waals surface area contributed by atoms with Gasteiger partial charge in [0.2, 0.25) is 0 Å². The van der Waals surface area contributed by atoms with Crippen molar-refractivity contribution in [3.8, 4) is 6.07 Å². The smallest absolute Gasteiger partial charge is 0.348 e. The van der Waals surface area contributed by atoms with E-state index in [4.69, 9.17) is 5.26 Å². The Labute approximate surface area is 96.9 Å². The van der Waals surface area contributed by atoms with Crippen LogP contribution in [-0.2, 0) is 9.53 Å². The largest absolute Gasteiger partial charge is 0.465 e. The van der Waals surface area contributed by atoms with Crippen LogP contribution in [0.25, 0.3) is 6.08 Å². The summed E-state index contributed by atoms with van der Waals surface area (Å²) >= 11 is 0. The number of esters is 1. The van der Waals surface area contributed by atoms with Gasteiger partial charge in [-0.05, 0) is 12.1 Å². The third-order valence-corrected chi connectivity index (χ3v) is 1.96. The molecular formula is C11H8N2O4. The van der Waals surface area contributed by atoms with Crippen LogP contribution in [0.4, 0.5) is 5.69 Å². The summed E-state index contributed by atoms with van der Waals surface area (Å²) in [5, 5.41) is 19.4. The molecule has 17 heavy (non-hydrogen) atoms. The summed E-state index contributed by atoms with van der Waals surface area (Å²) < 4.78 is 4.38. The van der Waals surface area contributed by atoms with E-state index in [0.717, 1.165) is 13.2 Å². The fraction of sp³-hybridized carbons (Fsp3) is 0.0909. The molecule has 1 rings (SSSR count). The minimum absolute atomic E-state index is 0.177. The normalized spacial score (nSPS) is 10.5. The van der Waals surface area contributed by atoms with Crippen LogP contribution in [0.15, 0.2) is 29.8 Å². The number of hydrogen-bond acceptors (Lipinski definition) is 5. The van der Waals surface area contributed by atoms with Crippen molar-refractivity contribution in [3.05, 3.63) is 45.5 Å². The van der Waals surface area contributed by atoms with Gasteiger partial charge in [-0.1, -0.05) is 12.1 Å². The molecule has 0 aliphatic carbocycles. The molecular weight excluding hydrogens is 224 g/mol. The third-order valence-electron chi connectivity index (χ3n) is 1.96. The second kappa shape index (κ2) is 5.42. The lowest BCUT2D eigenvalue weighted by molar-refractivity contribution is -0.385. The molecule has 0 aliphatic heterocycles. The summed E-state index contributed by atoms with van der Waals surface area (Å²) in [4.78, 5) is 21.3. The first-order chi connectivity index (χ1) is 8.10. The first-order valence-electron chi connectivity index (χ1n) is 4.53. The molecule has 6 nitrogen and oxygen atoms in total. The lowest BCUT2D eigenvalue weighted by atomic mass is 10.1.